The molecule has 0 aliphatic carbocycles. The van der Waals surface area contributed by atoms with Crippen molar-refractivity contribution in [3.05, 3.63) is 47.7 Å². The number of carbonyl (C=O) groups is 2. The van der Waals surface area contributed by atoms with Gasteiger partial charge in [0, 0.05) is 5.56 Å². The Kier molecular flexibility index (Phi) is 4.89. The Labute approximate surface area is 125 Å². The summed E-state index contributed by atoms with van der Waals surface area (Å²) < 4.78 is 10.2. The highest BCUT2D eigenvalue weighted by Gasteiger charge is 2.07. The number of esters is 1. The molecule has 0 saturated carbocycles. The molecular formula is C14H14N4O4. The Hall–Kier alpha value is -3.13. The molecule has 0 bridgehead atoms. The summed E-state index contributed by atoms with van der Waals surface area (Å²) in [5.41, 5.74) is 5.26. The molecular weight excluding hydrogens is 288 g/mol. The topological polar surface area (TPSA) is 119 Å². The summed E-state index contributed by atoms with van der Waals surface area (Å²) in [6.07, 6.45) is 1.33. The number of furan rings is 1. The van der Waals surface area contributed by atoms with Gasteiger partial charge in [0.25, 0.3) is 0 Å². The first-order chi connectivity index (χ1) is 10.6. The number of hydrazone groups is 1. The summed E-state index contributed by atoms with van der Waals surface area (Å²) in [5.74, 6) is 5.53. The van der Waals surface area contributed by atoms with Crippen LogP contribution < -0.4 is 16.7 Å². The molecule has 0 radical (unpaired) electrons. The molecule has 1 aromatic heterocycles. The lowest BCUT2D eigenvalue weighted by atomic mass is 10.1. The van der Waals surface area contributed by atoms with Crippen molar-refractivity contribution in [1.29, 1.82) is 0 Å². The number of amides is 2. The zero-order valence-corrected chi connectivity index (χ0v) is 11.7. The Bertz CT molecular complexity index is 691. The second-order valence-corrected chi connectivity index (χ2v) is 4.11. The minimum atomic E-state index is -0.638. The molecule has 0 atom stereocenters. The zero-order chi connectivity index (χ0) is 15.9. The number of hydrogen-bond acceptors (Lipinski definition) is 6. The molecule has 22 heavy (non-hydrogen) atoms. The highest BCUT2D eigenvalue weighted by atomic mass is 16.5. The van der Waals surface area contributed by atoms with E-state index < -0.39 is 12.0 Å². The third-order valence-electron chi connectivity index (χ3n) is 2.71. The molecule has 2 aromatic rings. The number of methoxy groups -OCH3 is 1. The molecule has 0 spiro atoms. The molecule has 0 saturated heterocycles. The maximum atomic E-state index is 11.4. The van der Waals surface area contributed by atoms with Crippen molar-refractivity contribution in [1.82, 2.24) is 10.9 Å². The van der Waals surface area contributed by atoms with Gasteiger partial charge in [-0.2, -0.15) is 5.10 Å². The van der Waals surface area contributed by atoms with Gasteiger partial charge in [0.15, 0.2) is 0 Å². The number of carbonyl (C=O) groups excluding carboxylic acids is 2. The van der Waals surface area contributed by atoms with Crippen LogP contribution in [-0.4, -0.2) is 25.3 Å². The fraction of sp³-hybridized carbons (Fsp3) is 0.0714. The molecule has 8 heteroatoms. The van der Waals surface area contributed by atoms with Gasteiger partial charge >= 0.3 is 12.0 Å². The van der Waals surface area contributed by atoms with Crippen molar-refractivity contribution in [2.75, 3.05) is 7.11 Å². The van der Waals surface area contributed by atoms with Gasteiger partial charge in [-0.1, -0.05) is 12.1 Å². The first kappa shape index (κ1) is 15.3. The SMILES string of the molecule is COC(=O)c1ccc(-c2ccc(C=NNC(=O)NN)o2)cc1. The van der Waals surface area contributed by atoms with Gasteiger partial charge in [-0.05, 0) is 24.3 Å². The molecule has 4 N–H and O–H groups in total. The van der Waals surface area contributed by atoms with Gasteiger partial charge in [-0.25, -0.2) is 20.9 Å². The molecule has 0 aliphatic heterocycles. The number of nitrogens with zero attached hydrogens (tertiary/aromatic N) is 1. The number of rotatable bonds is 4. The van der Waals surface area contributed by atoms with E-state index in [0.29, 0.717) is 17.1 Å². The number of benzene rings is 1. The van der Waals surface area contributed by atoms with E-state index in [2.05, 4.69) is 15.3 Å². The number of hydrogen-bond donors (Lipinski definition) is 3. The Morgan fingerprint density at radius 1 is 1.23 bits per heavy atom. The van der Waals surface area contributed by atoms with Gasteiger partial charge in [-0.15, -0.1) is 0 Å². The first-order valence-corrected chi connectivity index (χ1v) is 6.22. The van der Waals surface area contributed by atoms with Crippen LogP contribution in [0, 0.1) is 0 Å². The van der Waals surface area contributed by atoms with E-state index >= 15 is 0 Å². The normalized spacial score (nSPS) is 10.5. The number of nitrogens with one attached hydrogen (secondary N) is 2. The highest BCUT2D eigenvalue weighted by molar-refractivity contribution is 5.89. The van der Waals surface area contributed by atoms with Crippen LogP contribution in [0.2, 0.25) is 0 Å². The van der Waals surface area contributed by atoms with Crippen molar-refractivity contribution in [3.8, 4) is 11.3 Å². The smallest absolute Gasteiger partial charge is 0.349 e. The highest BCUT2D eigenvalue weighted by Crippen LogP contribution is 2.22. The van der Waals surface area contributed by atoms with Crippen molar-refractivity contribution >= 4 is 18.2 Å². The predicted octanol–water partition coefficient (Wildman–Crippen LogP) is 1.24. The fourth-order valence-electron chi connectivity index (χ4n) is 1.65. The van der Waals surface area contributed by atoms with Crippen LogP contribution >= 0.6 is 0 Å². The fourth-order valence-corrected chi connectivity index (χ4v) is 1.65. The average molecular weight is 302 g/mol. The quantitative estimate of drug-likeness (QED) is 0.258. The minimum Gasteiger partial charge on any atom is -0.465 e. The maximum Gasteiger partial charge on any atom is 0.349 e. The summed E-state index contributed by atoms with van der Waals surface area (Å²) in [4.78, 5) is 22.2. The van der Waals surface area contributed by atoms with Crippen molar-refractivity contribution in [2.45, 2.75) is 0 Å². The van der Waals surface area contributed by atoms with Crippen molar-refractivity contribution in [2.24, 2.45) is 10.9 Å². The maximum absolute atomic E-state index is 11.4. The van der Waals surface area contributed by atoms with Crippen LogP contribution in [0.5, 0.6) is 0 Å². The average Bonchev–Trinajstić information content (AvgIpc) is 3.03. The van der Waals surface area contributed by atoms with E-state index in [1.165, 1.54) is 13.3 Å². The number of ether oxygens (including phenoxy) is 1. The van der Waals surface area contributed by atoms with E-state index in [-0.39, 0.29) is 0 Å². The lowest BCUT2D eigenvalue weighted by Crippen LogP contribution is -2.37. The molecule has 8 nitrogen and oxygen atoms in total. The second-order valence-electron chi connectivity index (χ2n) is 4.11. The Balaban J connectivity index is 2.08. The van der Waals surface area contributed by atoms with Gasteiger partial charge in [-0.3, -0.25) is 5.43 Å². The number of urea groups is 1. The minimum absolute atomic E-state index is 0.400. The van der Waals surface area contributed by atoms with Crippen molar-refractivity contribution in [3.63, 3.8) is 0 Å². The van der Waals surface area contributed by atoms with Gasteiger partial charge < -0.3 is 9.15 Å². The zero-order valence-electron chi connectivity index (χ0n) is 11.7. The number of hydrazine groups is 1. The summed E-state index contributed by atoms with van der Waals surface area (Å²) >= 11 is 0. The van der Waals surface area contributed by atoms with Crippen LogP contribution in [-0.2, 0) is 4.74 Å². The Morgan fingerprint density at radius 2 is 1.95 bits per heavy atom. The van der Waals surface area contributed by atoms with E-state index in [9.17, 15) is 9.59 Å². The van der Waals surface area contributed by atoms with Crippen LogP contribution in [0.1, 0.15) is 16.1 Å². The monoisotopic (exact) mass is 302 g/mol. The third-order valence-corrected chi connectivity index (χ3v) is 2.71. The largest absolute Gasteiger partial charge is 0.465 e. The van der Waals surface area contributed by atoms with Crippen LogP contribution in [0.15, 0.2) is 45.9 Å². The summed E-state index contributed by atoms with van der Waals surface area (Å²) in [6, 6.07) is 9.57. The van der Waals surface area contributed by atoms with E-state index in [0.717, 1.165) is 5.56 Å². The molecule has 0 unspecified atom stereocenters. The Morgan fingerprint density at radius 3 is 2.59 bits per heavy atom. The molecule has 0 fully saturated rings. The lowest BCUT2D eigenvalue weighted by molar-refractivity contribution is 0.0600. The van der Waals surface area contributed by atoms with Crippen LogP contribution in [0.4, 0.5) is 4.79 Å². The molecule has 114 valence electrons. The molecule has 0 aliphatic rings. The van der Waals surface area contributed by atoms with Gasteiger partial charge in [0.1, 0.15) is 11.5 Å². The van der Waals surface area contributed by atoms with Crippen LogP contribution in [0.25, 0.3) is 11.3 Å². The summed E-state index contributed by atoms with van der Waals surface area (Å²) in [6.45, 7) is 0. The predicted molar refractivity (Wildman–Crippen MR) is 78.9 cm³/mol. The first-order valence-electron chi connectivity index (χ1n) is 6.22. The van der Waals surface area contributed by atoms with Crippen molar-refractivity contribution < 1.29 is 18.7 Å². The molecule has 1 heterocycles. The second kappa shape index (κ2) is 7.04. The lowest BCUT2D eigenvalue weighted by Gasteiger charge is -2.00. The van der Waals surface area contributed by atoms with Crippen LogP contribution in [0.3, 0.4) is 0 Å². The molecule has 2 amide bonds. The van der Waals surface area contributed by atoms with E-state index in [4.69, 9.17) is 10.3 Å². The third kappa shape index (κ3) is 3.70. The summed E-state index contributed by atoms with van der Waals surface area (Å²) in [7, 11) is 1.33. The van der Waals surface area contributed by atoms with Gasteiger partial charge in [0.05, 0.1) is 18.9 Å². The number of nitrogens with two attached hydrogens (primary N) is 1. The van der Waals surface area contributed by atoms with E-state index in [1.807, 2.05) is 5.43 Å². The van der Waals surface area contributed by atoms with Gasteiger partial charge in [0.2, 0.25) is 0 Å². The van der Waals surface area contributed by atoms with E-state index in [1.54, 1.807) is 36.4 Å². The summed E-state index contributed by atoms with van der Waals surface area (Å²) in [5, 5.41) is 3.65. The molecule has 1 aromatic carbocycles. The molecule has 2 rings (SSSR count). The standard InChI is InChI=1S/C14H14N4O4/c1-21-13(19)10-4-2-9(3-5-10)12-7-6-11(22-12)8-16-18-14(20)17-15/h2-8H,15H2,1H3,(H2,17,18,20).